The standard InChI is InChI=1S/C20H34O6Si/c1-12(21)25-20-11-24-17(20)9-16(26-27(6,7)18(2,3)4)19(5)10-14(23)13(22)8-15(19)20/h14-17,23H,8-11H2,1-7H3/t14-,15+,16+,17-,19+,20-/m1/s1. The molecule has 1 N–H and O–H groups in total. The molecule has 0 unspecified atom stereocenters. The average Bonchev–Trinajstić information content (AvgIpc) is 2.49. The molecule has 154 valence electrons. The van der Waals surface area contributed by atoms with E-state index in [1.807, 2.05) is 0 Å². The number of ketones is 1. The molecule has 0 aromatic rings. The van der Waals surface area contributed by atoms with E-state index in [0.29, 0.717) is 19.4 Å². The molecule has 0 spiro atoms. The van der Waals surface area contributed by atoms with Crippen LogP contribution in [0.2, 0.25) is 18.1 Å². The molecule has 0 bridgehead atoms. The second-order valence-corrected chi connectivity index (χ2v) is 15.2. The van der Waals surface area contributed by atoms with Gasteiger partial charge in [-0.3, -0.25) is 9.59 Å². The van der Waals surface area contributed by atoms with Gasteiger partial charge in [-0.2, -0.15) is 0 Å². The first kappa shape index (κ1) is 21.0. The van der Waals surface area contributed by atoms with Crippen molar-refractivity contribution in [1.82, 2.24) is 0 Å². The van der Waals surface area contributed by atoms with Crippen molar-refractivity contribution < 1.29 is 28.6 Å². The average molecular weight is 399 g/mol. The lowest BCUT2D eigenvalue weighted by atomic mass is 9.51. The van der Waals surface area contributed by atoms with E-state index in [1.54, 1.807) is 0 Å². The zero-order valence-corrected chi connectivity index (χ0v) is 18.6. The Morgan fingerprint density at radius 2 is 1.96 bits per heavy atom. The van der Waals surface area contributed by atoms with Gasteiger partial charge < -0.3 is 19.0 Å². The minimum Gasteiger partial charge on any atom is -0.454 e. The molecular weight excluding hydrogens is 364 g/mol. The van der Waals surface area contributed by atoms with Gasteiger partial charge >= 0.3 is 5.97 Å². The molecule has 0 aromatic carbocycles. The fraction of sp³-hybridized carbons (Fsp3) is 0.900. The van der Waals surface area contributed by atoms with Crippen LogP contribution in [0.4, 0.5) is 0 Å². The molecule has 3 fully saturated rings. The van der Waals surface area contributed by atoms with Crippen molar-refractivity contribution in [3.63, 3.8) is 0 Å². The van der Waals surface area contributed by atoms with Gasteiger partial charge in [0.15, 0.2) is 19.7 Å². The van der Waals surface area contributed by atoms with Crippen LogP contribution in [0.5, 0.6) is 0 Å². The third-order valence-electron chi connectivity index (χ3n) is 7.59. The number of Topliss-reactive ketones (excluding diaryl/α,β-unsaturated/α-hetero) is 1. The zero-order chi connectivity index (χ0) is 20.4. The van der Waals surface area contributed by atoms with Gasteiger partial charge in [0, 0.05) is 31.1 Å². The van der Waals surface area contributed by atoms with Gasteiger partial charge in [-0.15, -0.1) is 0 Å². The zero-order valence-electron chi connectivity index (χ0n) is 17.6. The Labute approximate surface area is 163 Å². The Morgan fingerprint density at radius 3 is 2.44 bits per heavy atom. The molecule has 0 aromatic heterocycles. The highest BCUT2D eigenvalue weighted by Gasteiger charge is 2.70. The van der Waals surface area contributed by atoms with Gasteiger partial charge in [0.05, 0.1) is 12.7 Å². The minimum atomic E-state index is -2.07. The SMILES string of the molecule is CC(=O)O[C@@]12CO[C@@H]1C[C@H](O[Si](C)(C)C(C)(C)C)[C@@]1(C)C[C@@H](O)C(=O)C[C@@H]12. The highest BCUT2D eigenvalue weighted by atomic mass is 28.4. The normalized spacial score (nSPS) is 42.0. The monoisotopic (exact) mass is 398 g/mol. The Balaban J connectivity index is 1.99. The van der Waals surface area contributed by atoms with E-state index in [-0.39, 0.29) is 41.3 Å². The van der Waals surface area contributed by atoms with Gasteiger partial charge in [-0.05, 0) is 24.6 Å². The fourth-order valence-electron chi connectivity index (χ4n) is 4.90. The molecule has 6 nitrogen and oxygen atoms in total. The van der Waals surface area contributed by atoms with Crippen molar-refractivity contribution in [2.45, 2.75) is 95.9 Å². The summed E-state index contributed by atoms with van der Waals surface area (Å²) in [5.41, 5.74) is -1.22. The Hall–Kier alpha value is -0.763. The maximum absolute atomic E-state index is 12.4. The molecule has 3 aliphatic rings. The summed E-state index contributed by atoms with van der Waals surface area (Å²) in [6.45, 7) is 14.8. The molecule has 1 aliphatic heterocycles. The summed E-state index contributed by atoms with van der Waals surface area (Å²) >= 11 is 0. The molecule has 1 saturated heterocycles. The first-order valence-corrected chi connectivity index (χ1v) is 12.8. The van der Waals surface area contributed by atoms with Crippen LogP contribution in [0.1, 0.15) is 53.9 Å². The molecule has 0 amide bonds. The van der Waals surface area contributed by atoms with Crippen LogP contribution in [-0.4, -0.2) is 55.7 Å². The number of ether oxygens (including phenoxy) is 2. The molecule has 6 atom stereocenters. The van der Waals surface area contributed by atoms with Crippen molar-refractivity contribution in [1.29, 1.82) is 0 Å². The Kier molecular flexibility index (Phi) is 4.95. The molecule has 1 heterocycles. The third kappa shape index (κ3) is 3.20. The summed E-state index contributed by atoms with van der Waals surface area (Å²) in [7, 11) is -2.07. The predicted molar refractivity (Wildman–Crippen MR) is 103 cm³/mol. The van der Waals surface area contributed by atoms with E-state index in [0.717, 1.165) is 0 Å². The van der Waals surface area contributed by atoms with Crippen molar-refractivity contribution in [3.8, 4) is 0 Å². The minimum absolute atomic E-state index is 0.0485. The lowest BCUT2D eigenvalue weighted by Crippen LogP contribution is -2.76. The van der Waals surface area contributed by atoms with Gasteiger partial charge in [0.25, 0.3) is 0 Å². The molecule has 0 radical (unpaired) electrons. The van der Waals surface area contributed by atoms with E-state index in [1.165, 1.54) is 6.92 Å². The van der Waals surface area contributed by atoms with Gasteiger partial charge in [0.2, 0.25) is 0 Å². The highest BCUT2D eigenvalue weighted by Crippen LogP contribution is 2.60. The second kappa shape index (κ2) is 6.37. The smallest absolute Gasteiger partial charge is 0.303 e. The summed E-state index contributed by atoms with van der Waals surface area (Å²) in [6, 6.07) is 0. The lowest BCUT2D eigenvalue weighted by Gasteiger charge is -2.65. The summed E-state index contributed by atoms with van der Waals surface area (Å²) in [4.78, 5) is 24.2. The van der Waals surface area contributed by atoms with E-state index >= 15 is 0 Å². The number of hydrogen-bond acceptors (Lipinski definition) is 6. The van der Waals surface area contributed by atoms with Crippen molar-refractivity contribution >= 4 is 20.1 Å². The van der Waals surface area contributed by atoms with Crippen LogP contribution >= 0.6 is 0 Å². The highest BCUT2D eigenvalue weighted by molar-refractivity contribution is 6.74. The number of rotatable bonds is 3. The topological polar surface area (TPSA) is 82.1 Å². The van der Waals surface area contributed by atoms with Crippen LogP contribution < -0.4 is 0 Å². The number of aliphatic hydroxyl groups is 1. The molecule has 7 heteroatoms. The Morgan fingerprint density at radius 1 is 1.33 bits per heavy atom. The number of carbonyl (C=O) groups is 2. The quantitative estimate of drug-likeness (QED) is 0.581. The fourth-order valence-corrected chi connectivity index (χ4v) is 6.33. The first-order chi connectivity index (χ1) is 12.2. The maximum atomic E-state index is 12.4. The van der Waals surface area contributed by atoms with E-state index in [9.17, 15) is 14.7 Å². The number of fused-ring (bicyclic) bond motifs is 3. The summed E-state index contributed by atoms with van der Waals surface area (Å²) in [6.07, 6.45) is -0.220. The van der Waals surface area contributed by atoms with Gasteiger partial charge in [-0.25, -0.2) is 0 Å². The largest absolute Gasteiger partial charge is 0.454 e. The maximum Gasteiger partial charge on any atom is 0.303 e. The van der Waals surface area contributed by atoms with Crippen LogP contribution in [0.3, 0.4) is 0 Å². The number of carbonyl (C=O) groups excluding carboxylic acids is 2. The molecular formula is C20H34O6Si. The summed E-state index contributed by atoms with van der Waals surface area (Å²) < 4.78 is 18.4. The summed E-state index contributed by atoms with van der Waals surface area (Å²) in [5.74, 6) is -0.734. The van der Waals surface area contributed by atoms with Crippen LogP contribution in [-0.2, 0) is 23.5 Å². The number of hydrogen-bond donors (Lipinski definition) is 1. The molecule has 2 aliphatic carbocycles. The molecule has 27 heavy (non-hydrogen) atoms. The third-order valence-corrected chi connectivity index (χ3v) is 12.1. The van der Waals surface area contributed by atoms with Crippen molar-refractivity contribution in [2.75, 3.05) is 6.61 Å². The van der Waals surface area contributed by atoms with Crippen molar-refractivity contribution in [3.05, 3.63) is 0 Å². The number of esters is 1. The predicted octanol–water partition coefficient (Wildman–Crippen LogP) is 2.83. The Bertz CT molecular complexity index is 641. The second-order valence-electron chi connectivity index (χ2n) is 10.4. The van der Waals surface area contributed by atoms with E-state index in [4.69, 9.17) is 13.9 Å². The lowest BCUT2D eigenvalue weighted by molar-refractivity contribution is -0.325. The van der Waals surface area contributed by atoms with Crippen molar-refractivity contribution in [2.24, 2.45) is 11.3 Å². The van der Waals surface area contributed by atoms with Gasteiger partial charge in [0.1, 0.15) is 12.2 Å². The van der Waals surface area contributed by atoms with Gasteiger partial charge in [-0.1, -0.05) is 27.7 Å². The van der Waals surface area contributed by atoms with Crippen LogP contribution in [0.15, 0.2) is 0 Å². The molecule has 3 rings (SSSR count). The first-order valence-electron chi connectivity index (χ1n) is 9.93. The molecule has 2 saturated carbocycles. The van der Waals surface area contributed by atoms with Crippen LogP contribution in [0.25, 0.3) is 0 Å². The summed E-state index contributed by atoms with van der Waals surface area (Å²) in [5, 5.41) is 10.4. The number of aliphatic hydroxyl groups excluding tert-OH is 1. The van der Waals surface area contributed by atoms with E-state index in [2.05, 4.69) is 40.8 Å². The van der Waals surface area contributed by atoms with Crippen LogP contribution in [0, 0.1) is 11.3 Å². The van der Waals surface area contributed by atoms with E-state index < -0.39 is 25.4 Å².